The molecule has 21 heteroatoms. The Morgan fingerprint density at radius 2 is 0.513 bits per heavy atom. The molecule has 0 fully saturated rings. The third-order valence-corrected chi connectivity index (χ3v) is 17.5. The van der Waals surface area contributed by atoms with E-state index in [9.17, 15) is 38.5 Å². The van der Waals surface area contributed by atoms with E-state index in [1.54, 1.807) is 130 Å². The van der Waals surface area contributed by atoms with Crippen LogP contribution in [0.5, 0.6) is 34.5 Å². The van der Waals surface area contributed by atoms with Gasteiger partial charge in [0.15, 0.2) is 0 Å². The average molecular weight is 1530 g/mol. The number of halogens is 2. The molecule has 0 atom stereocenters. The van der Waals surface area contributed by atoms with Crippen LogP contribution in [0.4, 0.5) is 34.1 Å². The summed E-state index contributed by atoms with van der Waals surface area (Å²) in [7, 11) is 1.59. The average Bonchev–Trinajstić information content (AvgIpc) is 0.865. The number of carbonyl (C=O) groups excluding carboxylic acids is 5. The maximum atomic E-state index is 12.8. The molecule has 566 valence electrons. The van der Waals surface area contributed by atoms with Crippen molar-refractivity contribution in [1.29, 1.82) is 0 Å². The van der Waals surface area contributed by atoms with Gasteiger partial charge in [-0.1, -0.05) is 242 Å². The lowest BCUT2D eigenvalue weighted by atomic mass is 9.98. The maximum absolute atomic E-state index is 12.8. The highest BCUT2D eigenvalue weighted by molar-refractivity contribution is 6.30. The number of nitro benzene ring substituents is 1. The molecule has 5 aliphatic rings. The molecule has 113 heavy (non-hydrogen) atoms. The second kappa shape index (κ2) is 40.5. The number of benzene rings is 10. The van der Waals surface area contributed by atoms with Gasteiger partial charge in [0.25, 0.3) is 5.69 Å². The van der Waals surface area contributed by atoms with Gasteiger partial charge in [0.1, 0.15) is 40.3 Å². The van der Waals surface area contributed by atoms with Crippen LogP contribution in [-0.2, 0) is 0 Å². The lowest BCUT2D eigenvalue weighted by molar-refractivity contribution is -0.384. The van der Waals surface area contributed by atoms with Gasteiger partial charge in [0.05, 0.1) is 12.0 Å². The van der Waals surface area contributed by atoms with Gasteiger partial charge in [-0.2, -0.15) is 0 Å². The van der Waals surface area contributed by atoms with Crippen LogP contribution in [0, 0.1) is 22.9 Å². The van der Waals surface area contributed by atoms with Crippen molar-refractivity contribution in [2.24, 2.45) is 0 Å². The molecular formula is C92H76ClFN6O13. The smallest absolute Gasteiger partial charge is 0.423 e. The first-order valence-electron chi connectivity index (χ1n) is 35.6. The van der Waals surface area contributed by atoms with Gasteiger partial charge in [0, 0.05) is 109 Å². The van der Waals surface area contributed by atoms with Crippen LogP contribution in [0.3, 0.4) is 0 Å². The fourth-order valence-corrected chi connectivity index (χ4v) is 11.3. The maximum Gasteiger partial charge on any atom is 0.423 e. The van der Waals surface area contributed by atoms with E-state index in [4.69, 9.17) is 40.0 Å². The van der Waals surface area contributed by atoms with Crippen molar-refractivity contribution in [3.63, 3.8) is 0 Å². The Morgan fingerprint density at radius 3 is 0.743 bits per heavy atom. The summed E-state index contributed by atoms with van der Waals surface area (Å²) in [5.74, 6) is 3.14. The predicted molar refractivity (Wildman–Crippen MR) is 432 cm³/mol. The second-order valence-electron chi connectivity index (χ2n) is 25.1. The molecule has 10 aromatic rings. The van der Waals surface area contributed by atoms with Crippen LogP contribution in [0.1, 0.15) is 63.0 Å². The van der Waals surface area contributed by atoms with Crippen LogP contribution in [0.25, 0.3) is 0 Å². The summed E-state index contributed by atoms with van der Waals surface area (Å²) < 4.78 is 44.2. The van der Waals surface area contributed by atoms with Crippen LogP contribution in [-0.4, -0.2) is 67.0 Å². The van der Waals surface area contributed by atoms with E-state index in [1.807, 2.05) is 195 Å². The quantitative estimate of drug-likeness (QED) is 0.0827. The van der Waals surface area contributed by atoms with Crippen LogP contribution in [0.2, 0.25) is 5.02 Å². The van der Waals surface area contributed by atoms with E-state index in [0.29, 0.717) is 33.8 Å². The normalized spacial score (nSPS) is 14.0. The number of rotatable bonds is 12. The molecule has 5 heterocycles. The second-order valence-corrected chi connectivity index (χ2v) is 25.6. The number of nitro groups is 1. The number of amides is 5. The van der Waals surface area contributed by atoms with E-state index in [1.165, 1.54) is 89.7 Å². The van der Waals surface area contributed by atoms with Crippen LogP contribution >= 0.6 is 11.6 Å². The molecule has 0 radical (unpaired) electrons. The topological polar surface area (TPSA) is 200 Å². The largest absolute Gasteiger partial charge is 0.497 e. The lowest BCUT2D eigenvalue weighted by Gasteiger charge is -2.20. The van der Waals surface area contributed by atoms with Crippen molar-refractivity contribution >= 4 is 47.8 Å². The first kappa shape index (κ1) is 79.4. The van der Waals surface area contributed by atoms with Gasteiger partial charge < -0.3 is 28.4 Å². The van der Waals surface area contributed by atoms with Crippen molar-refractivity contribution in [3.05, 3.63) is 450 Å². The fraction of sp³-hybridized carbons (Fsp3) is 0.0761. The lowest BCUT2D eigenvalue weighted by Crippen LogP contribution is -2.25. The Balaban J connectivity index is 0.000000140. The molecule has 19 nitrogen and oxygen atoms in total. The molecule has 0 spiro atoms. The van der Waals surface area contributed by atoms with E-state index in [-0.39, 0.29) is 46.8 Å². The summed E-state index contributed by atoms with van der Waals surface area (Å²) in [4.78, 5) is 77.4. The van der Waals surface area contributed by atoms with E-state index < -0.39 is 35.4 Å². The minimum Gasteiger partial charge on any atom is -0.497 e. The zero-order valence-electron chi connectivity index (χ0n) is 61.2. The van der Waals surface area contributed by atoms with Crippen molar-refractivity contribution in [2.75, 3.05) is 7.11 Å². The Labute approximate surface area is 658 Å². The SMILES string of the molecule is COc1ccc(OC(=O)N2C=CC(c3ccccc3)C=C2)cc1.Cc1ccc(OC(=O)N2C=CC(c3ccccc3)C=C2)cc1.O=C(Oc1ccc(Cl)cc1)N1C=CC(c2ccccc2)C=C1.O=C(Oc1ccc(F)cc1)N1C=CC(c2ccccc2)C=C1.O=C(Oc1ccc([N+](=O)[O-])cc1)N1C=CC(c2ccccc2)C=C1. The molecule has 0 saturated heterocycles. The Hall–Kier alpha value is -14.6. The number of carbonyl (C=O) groups is 5. The monoisotopic (exact) mass is 1530 g/mol. The minimum atomic E-state index is -0.581. The molecule has 0 saturated carbocycles. The molecule has 5 aliphatic heterocycles. The van der Waals surface area contributed by atoms with Gasteiger partial charge in [0.2, 0.25) is 0 Å². The third kappa shape index (κ3) is 24.2. The molecule has 15 rings (SSSR count). The van der Waals surface area contributed by atoms with Crippen molar-refractivity contribution in [2.45, 2.75) is 36.5 Å². The number of methoxy groups -OCH3 is 1. The van der Waals surface area contributed by atoms with Gasteiger partial charge in [-0.25, -0.2) is 28.4 Å². The molecule has 0 aliphatic carbocycles. The summed E-state index contributed by atoms with van der Waals surface area (Å²) in [6.07, 6.45) is 34.0. The highest BCUT2D eigenvalue weighted by Gasteiger charge is 2.22. The van der Waals surface area contributed by atoms with Crippen LogP contribution in [0.15, 0.2) is 396 Å². The summed E-state index contributed by atoms with van der Waals surface area (Å²) in [5, 5.41) is 11.2. The predicted octanol–water partition coefficient (Wildman–Crippen LogP) is 22.6. The fourth-order valence-electron chi connectivity index (χ4n) is 11.2. The van der Waals surface area contributed by atoms with Crippen molar-refractivity contribution in [1.82, 2.24) is 24.5 Å². The summed E-state index contributed by atoms with van der Waals surface area (Å²) in [6, 6.07) is 81.9. The van der Waals surface area contributed by atoms with Gasteiger partial charge in [-0.3, -0.25) is 34.6 Å². The van der Waals surface area contributed by atoms with E-state index in [2.05, 4.69) is 36.4 Å². The summed E-state index contributed by atoms with van der Waals surface area (Å²) in [6.45, 7) is 1.99. The Bertz CT molecular complexity index is 4780. The Kier molecular flexibility index (Phi) is 28.5. The van der Waals surface area contributed by atoms with Crippen molar-refractivity contribution < 1.29 is 61.7 Å². The number of hydrogen-bond donors (Lipinski definition) is 0. The van der Waals surface area contributed by atoms with Gasteiger partial charge in [-0.05, 0) is 132 Å². The summed E-state index contributed by atoms with van der Waals surface area (Å²) >= 11 is 5.80. The van der Waals surface area contributed by atoms with Gasteiger partial charge >= 0.3 is 30.5 Å². The first-order valence-corrected chi connectivity index (χ1v) is 36.0. The van der Waals surface area contributed by atoms with E-state index in [0.717, 1.165) is 16.7 Å². The minimum absolute atomic E-state index is 0.0572. The Morgan fingerprint density at radius 1 is 0.310 bits per heavy atom. The molecule has 10 aromatic carbocycles. The standard InChI is InChI=1S/C19H17NO3.C19H17NO2.C18H14ClNO2.C18H14FNO2.C18H14N2O4/c1-22-17-7-9-18(10-8-17)23-19(21)20-13-11-16(12-14-20)15-5-3-2-4-6-15;1-15-7-9-18(10-8-15)22-19(21)20-13-11-17(12-14-20)16-5-3-2-4-6-16;2*19-16-6-8-17(9-7-16)22-18(21)20-12-10-15(11-13-20)14-4-2-1-3-5-14;21-18(24-17-8-6-16(7-9-17)20(22)23)19-12-10-15(11-13-19)14-4-2-1-3-5-14/h2-14,16H,1H3;2-14,17H,1H3;2*1-13,15H;1-13,15H. The summed E-state index contributed by atoms with van der Waals surface area (Å²) in [5.41, 5.74) is 6.92. The number of aryl methyl sites for hydroxylation is 1. The number of ether oxygens (including phenoxy) is 6. The molecule has 0 unspecified atom stereocenters. The van der Waals surface area contributed by atoms with Crippen molar-refractivity contribution in [3.8, 4) is 34.5 Å². The number of nitrogens with zero attached hydrogens (tertiary/aromatic N) is 6. The number of allylic oxidation sites excluding steroid dienone is 10. The number of non-ortho nitro benzene ring substituents is 1. The zero-order chi connectivity index (χ0) is 79.1. The molecule has 5 amide bonds. The molecule has 0 aromatic heterocycles. The van der Waals surface area contributed by atoms with E-state index >= 15 is 0 Å². The van der Waals surface area contributed by atoms with Gasteiger partial charge in [-0.15, -0.1) is 0 Å². The molecule has 0 N–H and O–H groups in total. The molecule has 0 bridgehead atoms. The first-order chi connectivity index (χ1) is 55.1. The van der Waals surface area contributed by atoms with Crippen LogP contribution < -0.4 is 28.4 Å². The highest BCUT2D eigenvalue weighted by atomic mass is 35.5. The third-order valence-electron chi connectivity index (χ3n) is 17.3. The zero-order valence-corrected chi connectivity index (χ0v) is 61.9. The highest BCUT2D eigenvalue weighted by Crippen LogP contribution is 2.30. The number of hydrogen-bond acceptors (Lipinski definition) is 13. The molecular weight excluding hydrogens is 1450 g/mol.